The molecular formula is C21H23N5O3S. The lowest BCUT2D eigenvalue weighted by Crippen LogP contribution is -2.39. The Hall–Kier alpha value is -3.04. The number of hydrogen-bond donors (Lipinski definition) is 2. The fraction of sp³-hybridized carbons (Fsp3) is 0.286. The Balaban J connectivity index is 1.34. The SMILES string of the molecule is NC(=O)c1cnc(N2CCC(CNS(=O)(=O)c3ccc4ccccc4c3)CC2)nc1. The summed E-state index contributed by atoms with van der Waals surface area (Å²) < 4.78 is 28.2. The molecule has 9 heteroatoms. The van der Waals surface area contributed by atoms with Crippen LogP contribution in [0.3, 0.4) is 0 Å². The largest absolute Gasteiger partial charge is 0.366 e. The summed E-state index contributed by atoms with van der Waals surface area (Å²) in [7, 11) is -3.56. The van der Waals surface area contributed by atoms with Crippen molar-refractivity contribution < 1.29 is 13.2 Å². The van der Waals surface area contributed by atoms with Crippen LogP contribution in [0.5, 0.6) is 0 Å². The number of primary amides is 1. The second-order valence-electron chi connectivity index (χ2n) is 7.43. The fourth-order valence-electron chi connectivity index (χ4n) is 3.59. The summed E-state index contributed by atoms with van der Waals surface area (Å²) in [6.45, 7) is 1.83. The minimum atomic E-state index is -3.56. The zero-order chi connectivity index (χ0) is 21.1. The number of anilines is 1. The zero-order valence-electron chi connectivity index (χ0n) is 16.4. The number of benzene rings is 2. The van der Waals surface area contributed by atoms with Crippen molar-refractivity contribution in [3.8, 4) is 0 Å². The molecule has 2 heterocycles. The first-order valence-electron chi connectivity index (χ1n) is 9.78. The number of nitrogens with one attached hydrogen (secondary N) is 1. The van der Waals surface area contributed by atoms with Crippen molar-refractivity contribution in [1.29, 1.82) is 0 Å². The van der Waals surface area contributed by atoms with Crippen LogP contribution in [0.4, 0.5) is 5.95 Å². The van der Waals surface area contributed by atoms with Gasteiger partial charge in [-0.2, -0.15) is 0 Å². The second kappa shape index (κ2) is 8.37. The summed E-state index contributed by atoms with van der Waals surface area (Å²) in [6, 6.07) is 12.9. The summed E-state index contributed by atoms with van der Waals surface area (Å²) in [5.74, 6) is 0.232. The Morgan fingerprint density at radius 1 is 1.07 bits per heavy atom. The zero-order valence-corrected chi connectivity index (χ0v) is 17.2. The minimum Gasteiger partial charge on any atom is -0.366 e. The summed E-state index contributed by atoms with van der Waals surface area (Å²) in [4.78, 5) is 21.8. The molecule has 1 aromatic heterocycles. The number of nitrogens with two attached hydrogens (primary N) is 1. The average molecular weight is 426 g/mol. The van der Waals surface area contributed by atoms with Crippen molar-refractivity contribution in [2.24, 2.45) is 11.7 Å². The van der Waals surface area contributed by atoms with Crippen molar-refractivity contribution >= 4 is 32.7 Å². The lowest BCUT2D eigenvalue weighted by atomic mass is 9.97. The molecule has 1 amide bonds. The molecule has 1 aliphatic rings. The van der Waals surface area contributed by atoms with Gasteiger partial charge in [-0.3, -0.25) is 4.79 Å². The van der Waals surface area contributed by atoms with E-state index in [-0.39, 0.29) is 16.4 Å². The molecule has 3 N–H and O–H groups in total. The van der Waals surface area contributed by atoms with Gasteiger partial charge in [0.2, 0.25) is 16.0 Å². The molecule has 1 saturated heterocycles. The number of amides is 1. The number of nitrogens with zero attached hydrogens (tertiary/aromatic N) is 3. The van der Waals surface area contributed by atoms with E-state index in [9.17, 15) is 13.2 Å². The molecule has 8 nitrogen and oxygen atoms in total. The van der Waals surface area contributed by atoms with E-state index in [1.807, 2.05) is 35.2 Å². The predicted octanol–water partition coefficient (Wildman–Crippen LogP) is 1.92. The van der Waals surface area contributed by atoms with Crippen LogP contribution in [0.2, 0.25) is 0 Å². The first-order valence-corrected chi connectivity index (χ1v) is 11.3. The molecular weight excluding hydrogens is 402 g/mol. The van der Waals surface area contributed by atoms with Gasteiger partial charge in [0.05, 0.1) is 10.5 Å². The van der Waals surface area contributed by atoms with Crippen molar-refractivity contribution in [1.82, 2.24) is 14.7 Å². The van der Waals surface area contributed by atoms with Crippen LogP contribution in [-0.2, 0) is 10.0 Å². The molecule has 3 aromatic rings. The van der Waals surface area contributed by atoms with E-state index in [4.69, 9.17) is 5.73 Å². The van der Waals surface area contributed by atoms with Gasteiger partial charge < -0.3 is 10.6 Å². The quantitative estimate of drug-likeness (QED) is 0.623. The standard InChI is InChI=1S/C21H23N5O3S/c22-20(27)18-13-23-21(24-14-18)26-9-7-15(8-10-26)12-25-30(28,29)19-6-5-16-3-1-2-4-17(16)11-19/h1-6,11,13-15,25H,7-10,12H2,(H2,22,27). The van der Waals surface area contributed by atoms with Crippen LogP contribution < -0.4 is 15.4 Å². The highest BCUT2D eigenvalue weighted by molar-refractivity contribution is 7.89. The second-order valence-corrected chi connectivity index (χ2v) is 9.19. The number of hydrogen-bond acceptors (Lipinski definition) is 6. The van der Waals surface area contributed by atoms with E-state index < -0.39 is 15.9 Å². The lowest BCUT2D eigenvalue weighted by Gasteiger charge is -2.32. The highest BCUT2D eigenvalue weighted by Gasteiger charge is 2.23. The smallest absolute Gasteiger partial charge is 0.251 e. The molecule has 0 aliphatic carbocycles. The van der Waals surface area contributed by atoms with Gasteiger partial charge in [0.1, 0.15) is 0 Å². The Kier molecular flexibility index (Phi) is 5.65. The third-order valence-electron chi connectivity index (χ3n) is 5.41. The van der Waals surface area contributed by atoms with Crippen molar-refractivity contribution in [2.75, 3.05) is 24.5 Å². The Morgan fingerprint density at radius 3 is 2.40 bits per heavy atom. The van der Waals surface area contributed by atoms with Gasteiger partial charge in [0, 0.05) is 32.0 Å². The molecule has 1 fully saturated rings. The van der Waals surface area contributed by atoms with Gasteiger partial charge in [-0.25, -0.2) is 23.1 Å². The molecule has 0 atom stereocenters. The molecule has 30 heavy (non-hydrogen) atoms. The molecule has 0 spiro atoms. The monoisotopic (exact) mass is 425 g/mol. The first-order chi connectivity index (χ1) is 14.4. The highest BCUT2D eigenvalue weighted by atomic mass is 32.2. The maximum Gasteiger partial charge on any atom is 0.251 e. The molecule has 0 saturated carbocycles. The Morgan fingerprint density at radius 2 is 1.73 bits per heavy atom. The van der Waals surface area contributed by atoms with E-state index in [1.165, 1.54) is 12.4 Å². The normalized spacial score (nSPS) is 15.4. The maximum absolute atomic E-state index is 12.7. The highest BCUT2D eigenvalue weighted by Crippen LogP contribution is 2.22. The molecule has 0 radical (unpaired) electrons. The van der Waals surface area contributed by atoms with Crippen LogP contribution in [0, 0.1) is 5.92 Å². The predicted molar refractivity (Wildman–Crippen MR) is 115 cm³/mol. The van der Waals surface area contributed by atoms with Gasteiger partial charge in [0.25, 0.3) is 5.91 Å². The van der Waals surface area contributed by atoms with Crippen molar-refractivity contribution in [2.45, 2.75) is 17.7 Å². The summed E-state index contributed by atoms with van der Waals surface area (Å²) in [6.07, 6.45) is 4.49. The van der Waals surface area contributed by atoms with E-state index >= 15 is 0 Å². The van der Waals surface area contributed by atoms with E-state index in [2.05, 4.69) is 14.7 Å². The molecule has 2 aromatic carbocycles. The van der Waals surface area contributed by atoms with Crippen molar-refractivity contribution in [3.05, 3.63) is 60.4 Å². The van der Waals surface area contributed by atoms with Crippen LogP contribution in [-0.4, -0.2) is 43.9 Å². The minimum absolute atomic E-state index is 0.237. The van der Waals surface area contributed by atoms with E-state index in [1.54, 1.807) is 12.1 Å². The number of carbonyl (C=O) groups excluding carboxylic acids is 1. The molecule has 4 rings (SSSR count). The van der Waals surface area contributed by atoms with Crippen LogP contribution in [0.1, 0.15) is 23.2 Å². The number of carbonyl (C=O) groups is 1. The summed E-state index contributed by atoms with van der Waals surface area (Å²) in [5, 5.41) is 1.91. The van der Waals surface area contributed by atoms with Gasteiger partial charge in [0.15, 0.2) is 0 Å². The fourth-order valence-corrected chi connectivity index (χ4v) is 4.75. The molecule has 0 unspecified atom stereocenters. The summed E-state index contributed by atoms with van der Waals surface area (Å²) in [5.41, 5.74) is 5.48. The number of fused-ring (bicyclic) bond motifs is 1. The molecule has 1 aliphatic heterocycles. The maximum atomic E-state index is 12.7. The molecule has 156 valence electrons. The average Bonchev–Trinajstić information content (AvgIpc) is 2.78. The number of aromatic nitrogens is 2. The first kappa shape index (κ1) is 20.2. The van der Waals surface area contributed by atoms with Crippen LogP contribution >= 0.6 is 0 Å². The third kappa shape index (κ3) is 4.42. The van der Waals surface area contributed by atoms with Crippen LogP contribution in [0.15, 0.2) is 59.8 Å². The van der Waals surface area contributed by atoms with Gasteiger partial charge in [-0.15, -0.1) is 0 Å². The number of sulfonamides is 1. The number of rotatable bonds is 6. The third-order valence-corrected chi connectivity index (χ3v) is 6.83. The summed E-state index contributed by atoms with van der Waals surface area (Å²) >= 11 is 0. The van der Waals surface area contributed by atoms with E-state index in [0.29, 0.717) is 12.5 Å². The Labute approximate surface area is 175 Å². The van der Waals surface area contributed by atoms with Gasteiger partial charge in [-0.05, 0) is 41.7 Å². The molecule has 0 bridgehead atoms. The lowest BCUT2D eigenvalue weighted by molar-refractivity contribution is 0.0999. The van der Waals surface area contributed by atoms with E-state index in [0.717, 1.165) is 36.7 Å². The van der Waals surface area contributed by atoms with Gasteiger partial charge in [-0.1, -0.05) is 30.3 Å². The van der Waals surface area contributed by atoms with Crippen molar-refractivity contribution in [3.63, 3.8) is 0 Å². The van der Waals surface area contributed by atoms with Crippen LogP contribution in [0.25, 0.3) is 10.8 Å². The van der Waals surface area contributed by atoms with Gasteiger partial charge >= 0.3 is 0 Å². The Bertz CT molecular complexity index is 1160. The number of piperidine rings is 1. The topological polar surface area (TPSA) is 118 Å².